The molecule has 1 aliphatic heterocycles. The molecule has 1 fully saturated rings. The molecule has 0 saturated carbocycles. The van der Waals surface area contributed by atoms with E-state index in [4.69, 9.17) is 19.3 Å². The van der Waals surface area contributed by atoms with E-state index in [9.17, 15) is 0 Å². The summed E-state index contributed by atoms with van der Waals surface area (Å²) in [6.07, 6.45) is 0. The second kappa shape index (κ2) is 5.97. The number of hydrogen-bond acceptors (Lipinski definition) is 4. The van der Waals surface area contributed by atoms with Crippen molar-refractivity contribution in [3.05, 3.63) is 54.1 Å². The molecule has 0 atom stereocenters. The van der Waals surface area contributed by atoms with Crippen molar-refractivity contribution in [2.75, 3.05) is 0 Å². The highest BCUT2D eigenvalue weighted by Crippen LogP contribution is 2.36. The Morgan fingerprint density at radius 3 is 2.08 bits per heavy atom. The van der Waals surface area contributed by atoms with Gasteiger partial charge in [-0.05, 0) is 57.4 Å². The molecule has 24 heavy (non-hydrogen) atoms. The van der Waals surface area contributed by atoms with Crippen molar-refractivity contribution >= 4 is 12.6 Å². The Hall–Kier alpha value is -2.29. The highest BCUT2D eigenvalue weighted by molar-refractivity contribution is 6.62. The summed E-state index contributed by atoms with van der Waals surface area (Å²) in [6, 6.07) is 16.8. The SMILES string of the molecule is CC1(C)OB(c2ccc(Oc3ccccc3C#N)cc2)OC1(C)C. The average molecular weight is 321 g/mol. The number of ether oxygens (including phenoxy) is 1. The lowest BCUT2D eigenvalue weighted by atomic mass is 9.79. The Morgan fingerprint density at radius 2 is 1.50 bits per heavy atom. The minimum atomic E-state index is -0.393. The van der Waals surface area contributed by atoms with Crippen LogP contribution in [0.25, 0.3) is 0 Å². The van der Waals surface area contributed by atoms with Crippen LogP contribution >= 0.6 is 0 Å². The highest BCUT2D eigenvalue weighted by Gasteiger charge is 2.51. The largest absolute Gasteiger partial charge is 0.494 e. The molecule has 122 valence electrons. The third kappa shape index (κ3) is 3.03. The maximum Gasteiger partial charge on any atom is 0.494 e. The summed E-state index contributed by atoms with van der Waals surface area (Å²) in [4.78, 5) is 0. The molecule has 4 nitrogen and oxygen atoms in total. The third-order valence-corrected chi connectivity index (χ3v) is 4.64. The number of rotatable bonds is 3. The van der Waals surface area contributed by atoms with Crippen LogP contribution < -0.4 is 10.2 Å². The van der Waals surface area contributed by atoms with E-state index < -0.39 is 7.12 Å². The summed E-state index contributed by atoms with van der Waals surface area (Å²) in [5.41, 5.74) is 0.721. The molecule has 0 aromatic heterocycles. The van der Waals surface area contributed by atoms with Crippen LogP contribution in [0.3, 0.4) is 0 Å². The Morgan fingerprint density at radius 1 is 0.917 bits per heavy atom. The van der Waals surface area contributed by atoms with Crippen LogP contribution in [0.15, 0.2) is 48.5 Å². The van der Waals surface area contributed by atoms with E-state index in [0.29, 0.717) is 17.1 Å². The molecule has 2 aromatic rings. The minimum absolute atomic E-state index is 0.363. The molecule has 1 heterocycles. The summed E-state index contributed by atoms with van der Waals surface area (Å²) in [6.45, 7) is 8.12. The van der Waals surface area contributed by atoms with E-state index in [-0.39, 0.29) is 11.2 Å². The quantitative estimate of drug-likeness (QED) is 0.810. The van der Waals surface area contributed by atoms with Gasteiger partial charge in [-0.3, -0.25) is 0 Å². The number of benzene rings is 2. The predicted octanol–water partition coefficient (Wildman–Crippen LogP) is 3.65. The van der Waals surface area contributed by atoms with E-state index in [2.05, 4.69) is 6.07 Å². The molecule has 0 radical (unpaired) electrons. The van der Waals surface area contributed by atoms with E-state index >= 15 is 0 Å². The van der Waals surface area contributed by atoms with E-state index in [1.807, 2.05) is 64.1 Å². The molecular weight excluding hydrogens is 301 g/mol. The van der Waals surface area contributed by atoms with Gasteiger partial charge in [-0.15, -0.1) is 0 Å². The standard InChI is InChI=1S/C19H20BNO3/c1-18(2)19(3,4)24-20(23-18)15-9-11-16(12-10-15)22-17-8-6-5-7-14(17)13-21/h5-12H,1-4H3. The van der Waals surface area contributed by atoms with Crippen molar-refractivity contribution in [3.63, 3.8) is 0 Å². The third-order valence-electron chi connectivity index (χ3n) is 4.64. The van der Waals surface area contributed by atoms with Gasteiger partial charge in [0.2, 0.25) is 0 Å². The van der Waals surface area contributed by atoms with Gasteiger partial charge < -0.3 is 14.0 Å². The molecule has 0 bridgehead atoms. The first-order valence-corrected chi connectivity index (χ1v) is 7.95. The zero-order valence-corrected chi connectivity index (χ0v) is 14.4. The normalized spacial score (nSPS) is 18.2. The van der Waals surface area contributed by atoms with E-state index in [1.165, 1.54) is 0 Å². The molecule has 1 saturated heterocycles. The minimum Gasteiger partial charge on any atom is -0.456 e. The average Bonchev–Trinajstić information content (AvgIpc) is 2.77. The number of nitrogens with zero attached hydrogens (tertiary/aromatic N) is 1. The van der Waals surface area contributed by atoms with Crippen LogP contribution in [0, 0.1) is 11.3 Å². The lowest BCUT2D eigenvalue weighted by molar-refractivity contribution is 0.00578. The maximum absolute atomic E-state index is 9.12. The zero-order chi connectivity index (χ0) is 17.4. The summed E-state index contributed by atoms with van der Waals surface area (Å²) in [7, 11) is -0.393. The number of hydrogen-bond donors (Lipinski definition) is 0. The lowest BCUT2D eigenvalue weighted by Gasteiger charge is -2.32. The van der Waals surface area contributed by atoms with Gasteiger partial charge in [-0.25, -0.2) is 0 Å². The van der Waals surface area contributed by atoms with Crippen LogP contribution in [0.2, 0.25) is 0 Å². The monoisotopic (exact) mass is 321 g/mol. The smallest absolute Gasteiger partial charge is 0.456 e. The summed E-state index contributed by atoms with van der Waals surface area (Å²) < 4.78 is 17.9. The van der Waals surface area contributed by atoms with Crippen LogP contribution in [0.1, 0.15) is 33.3 Å². The van der Waals surface area contributed by atoms with Crippen molar-refractivity contribution in [1.82, 2.24) is 0 Å². The fourth-order valence-corrected chi connectivity index (χ4v) is 2.45. The molecular formula is C19H20BNO3. The van der Waals surface area contributed by atoms with Crippen molar-refractivity contribution in [2.24, 2.45) is 0 Å². The topological polar surface area (TPSA) is 51.5 Å². The van der Waals surface area contributed by atoms with Gasteiger partial charge in [0.05, 0.1) is 16.8 Å². The van der Waals surface area contributed by atoms with Crippen LogP contribution in [0.4, 0.5) is 0 Å². The molecule has 3 rings (SSSR count). The molecule has 0 N–H and O–H groups in total. The van der Waals surface area contributed by atoms with Gasteiger partial charge in [-0.2, -0.15) is 5.26 Å². The van der Waals surface area contributed by atoms with Gasteiger partial charge in [0.1, 0.15) is 17.6 Å². The van der Waals surface area contributed by atoms with E-state index in [0.717, 1.165) is 5.46 Å². The number of para-hydroxylation sites is 1. The van der Waals surface area contributed by atoms with Crippen molar-refractivity contribution < 1.29 is 14.0 Å². The predicted molar refractivity (Wildman–Crippen MR) is 93.4 cm³/mol. The van der Waals surface area contributed by atoms with Gasteiger partial charge in [0, 0.05) is 0 Å². The summed E-state index contributed by atoms with van der Waals surface area (Å²) in [5.74, 6) is 1.21. The van der Waals surface area contributed by atoms with Crippen LogP contribution in [-0.4, -0.2) is 18.3 Å². The van der Waals surface area contributed by atoms with Crippen LogP contribution in [-0.2, 0) is 9.31 Å². The van der Waals surface area contributed by atoms with Crippen molar-refractivity contribution in [2.45, 2.75) is 38.9 Å². The molecule has 0 unspecified atom stereocenters. The van der Waals surface area contributed by atoms with Gasteiger partial charge in [0.15, 0.2) is 0 Å². The van der Waals surface area contributed by atoms with E-state index in [1.54, 1.807) is 12.1 Å². The highest BCUT2D eigenvalue weighted by atomic mass is 16.7. The fourth-order valence-electron chi connectivity index (χ4n) is 2.45. The Bertz CT molecular complexity index is 762. The van der Waals surface area contributed by atoms with Crippen LogP contribution in [0.5, 0.6) is 11.5 Å². The zero-order valence-electron chi connectivity index (χ0n) is 14.4. The summed E-state index contributed by atoms with van der Waals surface area (Å²) >= 11 is 0. The Balaban J connectivity index is 1.76. The first-order chi connectivity index (χ1) is 11.3. The van der Waals surface area contributed by atoms with Gasteiger partial charge >= 0.3 is 7.12 Å². The molecule has 1 aliphatic rings. The van der Waals surface area contributed by atoms with Crippen molar-refractivity contribution in [3.8, 4) is 17.6 Å². The van der Waals surface area contributed by atoms with Crippen molar-refractivity contribution in [1.29, 1.82) is 5.26 Å². The fraction of sp³-hybridized carbons (Fsp3) is 0.316. The molecule has 5 heteroatoms. The lowest BCUT2D eigenvalue weighted by Crippen LogP contribution is -2.41. The number of nitriles is 1. The first kappa shape index (κ1) is 16.6. The molecule has 0 aliphatic carbocycles. The van der Waals surface area contributed by atoms with Gasteiger partial charge in [-0.1, -0.05) is 24.3 Å². The van der Waals surface area contributed by atoms with Gasteiger partial charge in [0.25, 0.3) is 0 Å². The molecule has 2 aromatic carbocycles. The molecule has 0 amide bonds. The Kier molecular flexibility index (Phi) is 4.12. The summed E-state index contributed by atoms with van der Waals surface area (Å²) in [5, 5.41) is 9.12. The first-order valence-electron chi connectivity index (χ1n) is 7.95. The second-order valence-electron chi connectivity index (χ2n) is 6.87. The molecule has 0 spiro atoms. The maximum atomic E-state index is 9.12. The second-order valence-corrected chi connectivity index (χ2v) is 6.87. The Labute approximate surface area is 143 Å².